The van der Waals surface area contributed by atoms with Crippen LogP contribution in [0.4, 0.5) is 0 Å². The van der Waals surface area contributed by atoms with Crippen LogP contribution in [0.15, 0.2) is 28.8 Å². The van der Waals surface area contributed by atoms with Gasteiger partial charge in [0, 0.05) is 6.54 Å². The second-order valence-corrected chi connectivity index (χ2v) is 3.35. The Balaban J connectivity index is 0.000000980. The zero-order valence-electron chi connectivity index (χ0n) is 8.29. The Morgan fingerprint density at radius 3 is 2.57 bits per heavy atom. The second-order valence-electron chi connectivity index (χ2n) is 3.35. The van der Waals surface area contributed by atoms with Crippen molar-refractivity contribution in [1.29, 1.82) is 0 Å². The van der Waals surface area contributed by atoms with Gasteiger partial charge >= 0.3 is 21.1 Å². The van der Waals surface area contributed by atoms with Crippen molar-refractivity contribution in [1.82, 2.24) is 0 Å². The minimum atomic E-state index is 0. The molecule has 0 aromatic heterocycles. The Hall–Kier alpha value is -0.682. The summed E-state index contributed by atoms with van der Waals surface area (Å²) in [6.45, 7) is 4.89. The number of benzene rings is 1. The van der Waals surface area contributed by atoms with E-state index in [9.17, 15) is 0 Å². The fourth-order valence-corrected chi connectivity index (χ4v) is 1.28. The maximum atomic E-state index is 4.35. The standard InChI is InChI=1S/C12H11N.W/c1-9-3-5-11(6-4-9)12-7-10(2)8-13-12;/h3-5H,8H2,1-2H3;/q-2;+2. The van der Waals surface area contributed by atoms with Crippen LogP contribution in [0.25, 0.3) is 0 Å². The van der Waals surface area contributed by atoms with Crippen LogP contribution in [0.1, 0.15) is 18.1 Å². The maximum Gasteiger partial charge on any atom is 2.00 e. The molecule has 0 aliphatic carbocycles. The van der Waals surface area contributed by atoms with Crippen LogP contribution in [0.3, 0.4) is 0 Å². The Labute approximate surface area is 99.2 Å². The number of hydrogen-bond acceptors (Lipinski definition) is 1. The summed E-state index contributed by atoms with van der Waals surface area (Å²) in [7, 11) is 0. The van der Waals surface area contributed by atoms with Crippen LogP contribution >= 0.6 is 0 Å². The van der Waals surface area contributed by atoms with Crippen molar-refractivity contribution >= 4 is 5.71 Å². The SMILES string of the molecule is CC1=[C-]C(c2[c-]cc(C)cc2)=NC1.[W+2]. The summed E-state index contributed by atoms with van der Waals surface area (Å²) in [4.78, 5) is 4.35. The molecule has 2 heteroatoms. The summed E-state index contributed by atoms with van der Waals surface area (Å²) in [6, 6.07) is 9.29. The number of aliphatic imine (C=N–C) groups is 1. The molecule has 0 fully saturated rings. The van der Waals surface area contributed by atoms with E-state index < -0.39 is 0 Å². The third kappa shape index (κ3) is 2.42. The third-order valence-corrected chi connectivity index (χ3v) is 2.03. The topological polar surface area (TPSA) is 12.4 Å². The van der Waals surface area contributed by atoms with Crippen molar-refractivity contribution in [2.45, 2.75) is 13.8 Å². The number of hydrogen-bond donors (Lipinski definition) is 0. The van der Waals surface area contributed by atoms with E-state index in [1.807, 2.05) is 19.1 Å². The summed E-state index contributed by atoms with van der Waals surface area (Å²) in [5.74, 6) is 0. The van der Waals surface area contributed by atoms with Gasteiger partial charge in [-0.1, -0.05) is 13.8 Å². The molecule has 0 bridgehead atoms. The summed E-state index contributed by atoms with van der Waals surface area (Å²) in [6.07, 6.45) is 3.22. The quantitative estimate of drug-likeness (QED) is 0.688. The van der Waals surface area contributed by atoms with Gasteiger partial charge in [-0.2, -0.15) is 23.4 Å². The molecule has 1 aliphatic heterocycles. The Kier molecular flexibility index (Phi) is 3.83. The first-order chi connectivity index (χ1) is 6.25. The van der Waals surface area contributed by atoms with Crippen molar-refractivity contribution in [2.75, 3.05) is 6.54 Å². The van der Waals surface area contributed by atoms with Gasteiger partial charge in [0.15, 0.2) is 0 Å². The van der Waals surface area contributed by atoms with Crippen LogP contribution in [-0.4, -0.2) is 12.3 Å². The molecule has 0 radical (unpaired) electrons. The van der Waals surface area contributed by atoms with Gasteiger partial charge in [0.1, 0.15) is 0 Å². The number of rotatable bonds is 1. The largest absolute Gasteiger partial charge is 2.00 e. The molecular weight excluding hydrogens is 342 g/mol. The van der Waals surface area contributed by atoms with Crippen LogP contribution in [0, 0.1) is 19.1 Å². The van der Waals surface area contributed by atoms with E-state index in [0.29, 0.717) is 0 Å². The first-order valence-corrected chi connectivity index (χ1v) is 4.38. The van der Waals surface area contributed by atoms with Gasteiger partial charge in [0.2, 0.25) is 0 Å². The monoisotopic (exact) mass is 353 g/mol. The summed E-state index contributed by atoms with van der Waals surface area (Å²) >= 11 is 0. The molecule has 0 unspecified atom stereocenters. The Morgan fingerprint density at radius 1 is 1.29 bits per heavy atom. The van der Waals surface area contributed by atoms with Crippen LogP contribution < -0.4 is 0 Å². The van der Waals surface area contributed by atoms with E-state index in [4.69, 9.17) is 0 Å². The number of allylic oxidation sites excluding steroid dienone is 1. The van der Waals surface area contributed by atoms with E-state index >= 15 is 0 Å². The van der Waals surface area contributed by atoms with E-state index in [1.54, 1.807) is 0 Å². The van der Waals surface area contributed by atoms with Crippen LogP contribution in [-0.2, 0) is 21.1 Å². The molecule has 0 N–H and O–H groups in total. The minimum Gasteiger partial charge on any atom is -0.368 e. The van der Waals surface area contributed by atoms with Gasteiger partial charge in [0.25, 0.3) is 0 Å². The smallest absolute Gasteiger partial charge is 0.368 e. The second kappa shape index (κ2) is 4.70. The van der Waals surface area contributed by atoms with Crippen LogP contribution in [0.5, 0.6) is 0 Å². The molecular formula is C12H11NW. The molecule has 1 aromatic carbocycles. The van der Waals surface area contributed by atoms with Gasteiger partial charge in [-0.25, -0.2) is 12.1 Å². The van der Waals surface area contributed by atoms with Crippen molar-refractivity contribution in [3.63, 3.8) is 0 Å². The van der Waals surface area contributed by atoms with E-state index in [-0.39, 0.29) is 21.1 Å². The molecule has 1 heterocycles. The first kappa shape index (κ1) is 11.4. The van der Waals surface area contributed by atoms with Crippen molar-refractivity contribution in [3.8, 4) is 0 Å². The van der Waals surface area contributed by atoms with Crippen molar-refractivity contribution in [3.05, 3.63) is 47.0 Å². The van der Waals surface area contributed by atoms with Gasteiger partial charge < -0.3 is 4.99 Å². The molecule has 0 saturated heterocycles. The van der Waals surface area contributed by atoms with Gasteiger partial charge in [0.05, 0.1) is 0 Å². The molecule has 0 spiro atoms. The predicted octanol–water partition coefficient (Wildman–Crippen LogP) is 2.34. The fraction of sp³-hybridized carbons (Fsp3) is 0.250. The molecule has 0 saturated carbocycles. The molecule has 70 valence electrons. The molecule has 0 amide bonds. The molecule has 2 rings (SSSR count). The first-order valence-electron chi connectivity index (χ1n) is 4.38. The van der Waals surface area contributed by atoms with Gasteiger partial charge in [-0.15, -0.1) is 5.56 Å². The normalized spacial score (nSPS) is 14.4. The molecule has 0 atom stereocenters. The average molecular weight is 353 g/mol. The fourth-order valence-electron chi connectivity index (χ4n) is 1.28. The zero-order valence-corrected chi connectivity index (χ0v) is 11.2. The third-order valence-electron chi connectivity index (χ3n) is 2.03. The van der Waals surface area contributed by atoms with Crippen LogP contribution in [0.2, 0.25) is 0 Å². The Morgan fingerprint density at radius 2 is 2.07 bits per heavy atom. The van der Waals surface area contributed by atoms with E-state index in [1.165, 1.54) is 11.1 Å². The van der Waals surface area contributed by atoms with Gasteiger partial charge in [-0.05, 0) is 0 Å². The van der Waals surface area contributed by atoms with E-state index in [0.717, 1.165) is 17.8 Å². The predicted molar refractivity (Wildman–Crippen MR) is 53.8 cm³/mol. The number of nitrogens with zero attached hydrogens (tertiary/aromatic N) is 1. The zero-order chi connectivity index (χ0) is 9.26. The van der Waals surface area contributed by atoms with E-state index in [2.05, 4.69) is 30.1 Å². The Bertz CT molecular complexity index is 374. The summed E-state index contributed by atoms with van der Waals surface area (Å²) in [5, 5.41) is 0. The number of aryl methyl sites for hydroxylation is 1. The van der Waals surface area contributed by atoms with Gasteiger partial charge in [-0.3, -0.25) is 11.6 Å². The van der Waals surface area contributed by atoms with Crippen molar-refractivity contribution in [2.24, 2.45) is 4.99 Å². The maximum absolute atomic E-state index is 4.35. The molecule has 14 heavy (non-hydrogen) atoms. The minimum absolute atomic E-state index is 0. The molecule has 1 aliphatic rings. The van der Waals surface area contributed by atoms with Crippen molar-refractivity contribution < 1.29 is 21.1 Å². The molecule has 1 nitrogen and oxygen atoms in total. The average Bonchev–Trinajstić information content (AvgIpc) is 2.53. The molecule has 1 aromatic rings. The summed E-state index contributed by atoms with van der Waals surface area (Å²) in [5.41, 5.74) is 4.41. The summed E-state index contributed by atoms with van der Waals surface area (Å²) < 4.78 is 0.